The molecule has 0 aliphatic carbocycles. The third kappa shape index (κ3) is 1.60. The molecule has 0 aliphatic heterocycles. The zero-order valence-corrected chi connectivity index (χ0v) is 10.2. The second-order valence-electron chi connectivity index (χ2n) is 2.89. The number of hydrogen-bond donors (Lipinski definition) is 0. The molecule has 0 spiro atoms. The number of carbonyl (C=O) groups is 1. The fourth-order valence-electron chi connectivity index (χ4n) is 1.37. The molecule has 1 aromatic heterocycles. The van der Waals surface area contributed by atoms with Crippen LogP contribution in [0.3, 0.4) is 0 Å². The summed E-state index contributed by atoms with van der Waals surface area (Å²) in [7, 11) is 0. The van der Waals surface area contributed by atoms with Gasteiger partial charge in [0.15, 0.2) is 0 Å². The number of hydrogen-bond acceptors (Lipinski definition) is 2. The predicted octanol–water partition coefficient (Wildman–Crippen LogP) is 4.26. The number of benzene rings is 1. The standard InChI is InChI=1S/C10H6BrClOS/c11-3-7-1-6(4-13)2-8-9(12)5-14-10(7)8/h1-2,4-5H,3H2. The Kier molecular flexibility index (Phi) is 2.91. The Labute approximate surface area is 98.8 Å². The fourth-order valence-corrected chi connectivity index (χ4v) is 3.26. The molecule has 0 N–H and O–H groups in total. The number of aldehydes is 1. The molecule has 0 fully saturated rings. The molecule has 0 bridgehead atoms. The fraction of sp³-hybridized carbons (Fsp3) is 0.100. The van der Waals surface area contributed by atoms with E-state index in [2.05, 4.69) is 15.9 Å². The smallest absolute Gasteiger partial charge is 0.150 e. The number of carbonyl (C=O) groups excluding carboxylic acids is 1. The van der Waals surface area contributed by atoms with Crippen LogP contribution in [0.15, 0.2) is 17.5 Å². The molecule has 0 atom stereocenters. The van der Waals surface area contributed by atoms with E-state index in [1.54, 1.807) is 11.3 Å². The molecule has 4 heteroatoms. The lowest BCUT2D eigenvalue weighted by Crippen LogP contribution is -1.84. The molecular formula is C10H6BrClOS. The highest BCUT2D eigenvalue weighted by molar-refractivity contribution is 9.08. The third-order valence-electron chi connectivity index (χ3n) is 2.01. The summed E-state index contributed by atoms with van der Waals surface area (Å²) in [6, 6.07) is 3.71. The van der Waals surface area contributed by atoms with E-state index in [9.17, 15) is 4.79 Å². The second kappa shape index (κ2) is 4.01. The van der Waals surface area contributed by atoms with Crippen LogP contribution in [0.5, 0.6) is 0 Å². The van der Waals surface area contributed by atoms with Gasteiger partial charge in [0.05, 0.1) is 5.02 Å². The van der Waals surface area contributed by atoms with Gasteiger partial charge in [-0.3, -0.25) is 4.79 Å². The topological polar surface area (TPSA) is 17.1 Å². The van der Waals surface area contributed by atoms with Gasteiger partial charge in [-0.15, -0.1) is 11.3 Å². The lowest BCUT2D eigenvalue weighted by molar-refractivity contribution is 0.112. The Morgan fingerprint density at radius 2 is 2.29 bits per heavy atom. The number of halogens is 2. The van der Waals surface area contributed by atoms with Gasteiger partial charge < -0.3 is 0 Å². The Bertz CT molecular complexity index is 492. The summed E-state index contributed by atoms with van der Waals surface area (Å²) < 4.78 is 1.15. The van der Waals surface area contributed by atoms with E-state index in [0.29, 0.717) is 5.56 Å². The SMILES string of the molecule is O=Cc1cc(CBr)c2scc(Cl)c2c1. The Morgan fingerprint density at radius 3 is 2.93 bits per heavy atom. The van der Waals surface area contributed by atoms with Gasteiger partial charge in [0, 0.05) is 26.4 Å². The van der Waals surface area contributed by atoms with Crippen LogP contribution in [-0.2, 0) is 5.33 Å². The van der Waals surface area contributed by atoms with Gasteiger partial charge in [-0.1, -0.05) is 27.5 Å². The van der Waals surface area contributed by atoms with E-state index >= 15 is 0 Å². The van der Waals surface area contributed by atoms with Crippen molar-refractivity contribution in [2.24, 2.45) is 0 Å². The molecule has 0 amide bonds. The minimum Gasteiger partial charge on any atom is -0.298 e. The summed E-state index contributed by atoms with van der Waals surface area (Å²) in [5, 5.41) is 4.32. The Morgan fingerprint density at radius 1 is 1.50 bits per heavy atom. The summed E-state index contributed by atoms with van der Waals surface area (Å²) in [5.74, 6) is 0. The van der Waals surface area contributed by atoms with E-state index in [0.717, 1.165) is 32.3 Å². The number of thiophene rings is 1. The maximum atomic E-state index is 10.7. The number of rotatable bonds is 2. The maximum Gasteiger partial charge on any atom is 0.150 e. The van der Waals surface area contributed by atoms with Crippen LogP contribution in [0, 0.1) is 0 Å². The Hall–Kier alpha value is -0.380. The van der Waals surface area contributed by atoms with E-state index in [1.165, 1.54) is 0 Å². The van der Waals surface area contributed by atoms with Gasteiger partial charge in [0.1, 0.15) is 6.29 Å². The zero-order chi connectivity index (χ0) is 10.1. The molecule has 72 valence electrons. The highest BCUT2D eigenvalue weighted by Crippen LogP contribution is 2.34. The van der Waals surface area contributed by atoms with Gasteiger partial charge >= 0.3 is 0 Å². The van der Waals surface area contributed by atoms with Crippen LogP contribution in [-0.4, -0.2) is 6.29 Å². The molecule has 2 rings (SSSR count). The van der Waals surface area contributed by atoms with Gasteiger partial charge in [0.2, 0.25) is 0 Å². The van der Waals surface area contributed by atoms with Crippen molar-refractivity contribution in [1.82, 2.24) is 0 Å². The number of alkyl halides is 1. The maximum absolute atomic E-state index is 10.7. The quantitative estimate of drug-likeness (QED) is 0.596. The molecule has 1 heterocycles. The van der Waals surface area contributed by atoms with Crippen LogP contribution >= 0.6 is 38.9 Å². The lowest BCUT2D eigenvalue weighted by atomic mass is 10.1. The van der Waals surface area contributed by atoms with Crippen LogP contribution < -0.4 is 0 Å². The summed E-state index contributed by atoms with van der Waals surface area (Å²) in [4.78, 5) is 10.7. The molecular weight excluding hydrogens is 284 g/mol. The van der Waals surface area contributed by atoms with Crippen molar-refractivity contribution in [1.29, 1.82) is 0 Å². The highest BCUT2D eigenvalue weighted by Gasteiger charge is 2.07. The first kappa shape index (κ1) is 10.1. The van der Waals surface area contributed by atoms with Crippen molar-refractivity contribution in [2.75, 3.05) is 0 Å². The molecule has 0 radical (unpaired) electrons. The molecule has 0 saturated heterocycles. The molecule has 1 nitrogen and oxygen atoms in total. The van der Waals surface area contributed by atoms with E-state index in [4.69, 9.17) is 11.6 Å². The summed E-state index contributed by atoms with van der Waals surface area (Å²) >= 11 is 11.0. The van der Waals surface area contributed by atoms with Crippen LogP contribution in [0.1, 0.15) is 15.9 Å². The predicted molar refractivity (Wildman–Crippen MR) is 64.9 cm³/mol. The largest absolute Gasteiger partial charge is 0.298 e. The van der Waals surface area contributed by atoms with Gasteiger partial charge in [-0.2, -0.15) is 0 Å². The Balaban J connectivity index is 2.82. The third-order valence-corrected chi connectivity index (χ3v) is 4.12. The van der Waals surface area contributed by atoms with Crippen LogP contribution in [0.25, 0.3) is 10.1 Å². The average Bonchev–Trinajstić information content (AvgIpc) is 2.59. The van der Waals surface area contributed by atoms with Crippen molar-refractivity contribution in [3.05, 3.63) is 33.7 Å². The molecule has 14 heavy (non-hydrogen) atoms. The summed E-state index contributed by atoms with van der Waals surface area (Å²) in [6.45, 7) is 0. The van der Waals surface area contributed by atoms with E-state index in [-0.39, 0.29) is 0 Å². The number of fused-ring (bicyclic) bond motifs is 1. The van der Waals surface area contributed by atoms with Crippen LogP contribution in [0.4, 0.5) is 0 Å². The normalized spacial score (nSPS) is 10.7. The first-order chi connectivity index (χ1) is 6.76. The zero-order valence-electron chi connectivity index (χ0n) is 7.09. The summed E-state index contributed by atoms with van der Waals surface area (Å²) in [6.07, 6.45) is 0.847. The molecule has 1 aromatic carbocycles. The second-order valence-corrected chi connectivity index (χ2v) is 4.74. The molecule has 0 saturated carbocycles. The van der Waals surface area contributed by atoms with Crippen molar-refractivity contribution in [3.63, 3.8) is 0 Å². The lowest BCUT2D eigenvalue weighted by Gasteiger charge is -2.00. The van der Waals surface area contributed by atoms with Gasteiger partial charge in [0.25, 0.3) is 0 Å². The van der Waals surface area contributed by atoms with Crippen molar-refractivity contribution in [3.8, 4) is 0 Å². The molecule has 0 aliphatic rings. The molecule has 2 aromatic rings. The highest BCUT2D eigenvalue weighted by atomic mass is 79.9. The monoisotopic (exact) mass is 288 g/mol. The molecule has 0 unspecified atom stereocenters. The first-order valence-corrected chi connectivity index (χ1v) is 6.35. The summed E-state index contributed by atoms with van der Waals surface area (Å²) in [5.41, 5.74) is 1.79. The van der Waals surface area contributed by atoms with Gasteiger partial charge in [-0.25, -0.2) is 0 Å². The van der Waals surface area contributed by atoms with Crippen molar-refractivity contribution in [2.45, 2.75) is 5.33 Å². The van der Waals surface area contributed by atoms with Crippen LogP contribution in [0.2, 0.25) is 5.02 Å². The van der Waals surface area contributed by atoms with Gasteiger partial charge in [-0.05, 0) is 17.7 Å². The average molecular weight is 290 g/mol. The van der Waals surface area contributed by atoms with Crippen molar-refractivity contribution < 1.29 is 4.79 Å². The minimum atomic E-state index is 0.673. The first-order valence-electron chi connectivity index (χ1n) is 3.97. The minimum absolute atomic E-state index is 0.673. The van der Waals surface area contributed by atoms with E-state index < -0.39 is 0 Å². The van der Waals surface area contributed by atoms with E-state index in [1.807, 2.05) is 17.5 Å². The van der Waals surface area contributed by atoms with Crippen molar-refractivity contribution >= 4 is 55.2 Å².